The summed E-state index contributed by atoms with van der Waals surface area (Å²) in [6, 6.07) is 5.62. The Morgan fingerprint density at radius 1 is 1.43 bits per heavy atom. The molecule has 21 heavy (non-hydrogen) atoms. The lowest BCUT2D eigenvalue weighted by atomic mass is 10.2. The van der Waals surface area contributed by atoms with E-state index in [0.717, 1.165) is 15.9 Å². The number of benzene rings is 1. The summed E-state index contributed by atoms with van der Waals surface area (Å²) in [5.74, 6) is -0.114. The number of halogens is 1. The molecule has 0 atom stereocenters. The molecule has 0 radical (unpaired) electrons. The average molecular weight is 322 g/mol. The van der Waals surface area contributed by atoms with Gasteiger partial charge < -0.3 is 5.32 Å². The summed E-state index contributed by atoms with van der Waals surface area (Å²) >= 11 is 7.45. The average Bonchev–Trinajstić information content (AvgIpc) is 3.04. The highest BCUT2D eigenvalue weighted by Gasteiger charge is 2.09. The Morgan fingerprint density at radius 2 is 2.29 bits per heavy atom. The van der Waals surface area contributed by atoms with Gasteiger partial charge in [0.2, 0.25) is 11.0 Å². The number of nitrogens with zero attached hydrogens (tertiary/aromatic N) is 4. The van der Waals surface area contributed by atoms with E-state index in [1.165, 1.54) is 11.3 Å². The van der Waals surface area contributed by atoms with E-state index in [2.05, 4.69) is 20.6 Å². The molecular formula is C13H12ClN5OS. The van der Waals surface area contributed by atoms with Gasteiger partial charge in [-0.15, -0.1) is 10.2 Å². The van der Waals surface area contributed by atoms with Crippen LogP contribution in [0.2, 0.25) is 5.02 Å². The molecule has 0 unspecified atom stereocenters. The van der Waals surface area contributed by atoms with Crippen LogP contribution < -0.4 is 5.32 Å². The summed E-state index contributed by atoms with van der Waals surface area (Å²) in [5.41, 5.74) is 0.919. The maximum absolute atomic E-state index is 11.9. The lowest BCUT2D eigenvalue weighted by Crippen LogP contribution is -2.14. The molecule has 108 valence electrons. The Hall–Kier alpha value is -1.99. The molecule has 0 aliphatic carbocycles. The van der Waals surface area contributed by atoms with Crippen molar-refractivity contribution in [2.75, 3.05) is 5.32 Å². The fourth-order valence-electron chi connectivity index (χ4n) is 1.98. The zero-order valence-corrected chi connectivity index (χ0v) is 12.8. The van der Waals surface area contributed by atoms with E-state index in [-0.39, 0.29) is 5.91 Å². The van der Waals surface area contributed by atoms with Gasteiger partial charge in [0.15, 0.2) is 0 Å². The second-order valence-electron chi connectivity index (χ2n) is 4.46. The maximum Gasteiger partial charge on any atom is 0.228 e. The molecule has 1 aromatic carbocycles. The number of carbonyl (C=O) groups is 1. The molecule has 0 saturated carbocycles. The van der Waals surface area contributed by atoms with Crippen LogP contribution >= 0.6 is 22.9 Å². The Labute approximate surface area is 129 Å². The first-order valence-electron chi connectivity index (χ1n) is 6.33. The summed E-state index contributed by atoms with van der Waals surface area (Å²) in [6.45, 7) is 2.32. The van der Waals surface area contributed by atoms with E-state index in [4.69, 9.17) is 11.6 Å². The van der Waals surface area contributed by atoms with Gasteiger partial charge in [0.1, 0.15) is 5.01 Å². The summed E-state index contributed by atoms with van der Waals surface area (Å²) < 4.78 is 1.77. The van der Waals surface area contributed by atoms with Crippen molar-refractivity contribution in [3.8, 4) is 0 Å². The Morgan fingerprint density at radius 3 is 3.05 bits per heavy atom. The van der Waals surface area contributed by atoms with Gasteiger partial charge in [-0.2, -0.15) is 5.10 Å². The van der Waals surface area contributed by atoms with Crippen LogP contribution in [-0.4, -0.2) is 25.9 Å². The smallest absolute Gasteiger partial charge is 0.228 e. The van der Waals surface area contributed by atoms with Gasteiger partial charge >= 0.3 is 0 Å². The molecule has 0 bridgehead atoms. The third-order valence-electron chi connectivity index (χ3n) is 2.96. The second-order valence-corrected chi connectivity index (χ2v) is 6.05. The molecule has 3 aromatic rings. The van der Waals surface area contributed by atoms with Gasteiger partial charge in [-0.1, -0.05) is 29.0 Å². The SMILES string of the molecule is Cc1nnc(NC(=O)CCn2ncc3c(Cl)cccc32)s1. The highest BCUT2D eigenvalue weighted by atomic mass is 35.5. The third-order valence-corrected chi connectivity index (χ3v) is 4.04. The fourth-order valence-corrected chi connectivity index (χ4v) is 2.81. The van der Waals surface area contributed by atoms with Crippen molar-refractivity contribution < 1.29 is 4.79 Å². The number of amides is 1. The summed E-state index contributed by atoms with van der Waals surface area (Å²) in [5, 5.41) is 17.6. The van der Waals surface area contributed by atoms with Gasteiger partial charge in [0, 0.05) is 11.8 Å². The van der Waals surface area contributed by atoms with E-state index in [1.807, 2.05) is 25.1 Å². The van der Waals surface area contributed by atoms with Crippen molar-refractivity contribution in [1.29, 1.82) is 0 Å². The van der Waals surface area contributed by atoms with E-state index in [1.54, 1.807) is 10.9 Å². The number of hydrogen-bond acceptors (Lipinski definition) is 5. The number of nitrogens with one attached hydrogen (secondary N) is 1. The number of aryl methyl sites for hydroxylation is 2. The minimum absolute atomic E-state index is 0.114. The minimum atomic E-state index is -0.114. The monoisotopic (exact) mass is 321 g/mol. The number of hydrogen-bond donors (Lipinski definition) is 1. The van der Waals surface area contributed by atoms with Crippen molar-refractivity contribution >= 4 is 44.9 Å². The highest BCUT2D eigenvalue weighted by molar-refractivity contribution is 7.15. The molecule has 0 saturated heterocycles. The first-order valence-corrected chi connectivity index (χ1v) is 7.53. The number of carbonyl (C=O) groups excluding carboxylic acids is 1. The van der Waals surface area contributed by atoms with E-state index in [9.17, 15) is 4.79 Å². The summed E-state index contributed by atoms with van der Waals surface area (Å²) in [4.78, 5) is 11.9. The van der Waals surface area contributed by atoms with Gasteiger partial charge in [0.25, 0.3) is 0 Å². The van der Waals surface area contributed by atoms with E-state index >= 15 is 0 Å². The Bertz CT molecular complexity index is 797. The van der Waals surface area contributed by atoms with Crippen LogP contribution in [0, 0.1) is 6.92 Å². The van der Waals surface area contributed by atoms with Crippen molar-refractivity contribution in [1.82, 2.24) is 20.0 Å². The molecule has 0 aliphatic heterocycles. The molecule has 2 aromatic heterocycles. The van der Waals surface area contributed by atoms with E-state index < -0.39 is 0 Å². The van der Waals surface area contributed by atoms with Crippen molar-refractivity contribution in [2.45, 2.75) is 19.9 Å². The topological polar surface area (TPSA) is 72.7 Å². The number of anilines is 1. The summed E-state index contributed by atoms with van der Waals surface area (Å²) in [6.07, 6.45) is 2.02. The van der Waals surface area contributed by atoms with Crippen LogP contribution in [0.5, 0.6) is 0 Å². The van der Waals surface area contributed by atoms with Crippen LogP contribution in [0.25, 0.3) is 10.9 Å². The predicted molar refractivity (Wildman–Crippen MR) is 82.6 cm³/mol. The zero-order chi connectivity index (χ0) is 14.8. The Kier molecular flexibility index (Phi) is 3.85. The maximum atomic E-state index is 11.9. The molecule has 8 heteroatoms. The van der Waals surface area contributed by atoms with Crippen LogP contribution in [0.1, 0.15) is 11.4 Å². The molecule has 2 heterocycles. The standard InChI is InChI=1S/C13H12ClN5OS/c1-8-17-18-13(21-8)16-12(20)5-6-19-11-4-2-3-10(14)9(11)7-15-19/h2-4,7H,5-6H2,1H3,(H,16,18,20). The fraction of sp³-hybridized carbons (Fsp3) is 0.231. The van der Waals surface area contributed by atoms with Gasteiger partial charge in [-0.05, 0) is 19.1 Å². The molecule has 1 N–H and O–H groups in total. The van der Waals surface area contributed by atoms with Crippen LogP contribution in [0.4, 0.5) is 5.13 Å². The van der Waals surface area contributed by atoms with Gasteiger partial charge in [-0.25, -0.2) is 0 Å². The van der Waals surface area contributed by atoms with Crippen LogP contribution in [0.15, 0.2) is 24.4 Å². The van der Waals surface area contributed by atoms with Crippen molar-refractivity contribution in [3.05, 3.63) is 34.4 Å². The molecule has 1 amide bonds. The number of aromatic nitrogens is 4. The first kappa shape index (κ1) is 14.0. The van der Waals surface area contributed by atoms with Crippen molar-refractivity contribution in [2.24, 2.45) is 0 Å². The normalized spacial score (nSPS) is 11.0. The van der Waals surface area contributed by atoms with Gasteiger partial charge in [0.05, 0.1) is 23.3 Å². The first-order chi connectivity index (χ1) is 10.1. The van der Waals surface area contributed by atoms with Crippen LogP contribution in [-0.2, 0) is 11.3 Å². The quantitative estimate of drug-likeness (QED) is 0.802. The van der Waals surface area contributed by atoms with E-state index in [0.29, 0.717) is 23.1 Å². The third kappa shape index (κ3) is 3.03. The largest absolute Gasteiger partial charge is 0.300 e. The predicted octanol–water partition coefficient (Wildman–Crippen LogP) is 2.88. The molecule has 0 aliphatic rings. The molecule has 6 nitrogen and oxygen atoms in total. The summed E-state index contributed by atoms with van der Waals surface area (Å²) in [7, 11) is 0. The molecule has 0 fully saturated rings. The highest BCUT2D eigenvalue weighted by Crippen LogP contribution is 2.22. The number of rotatable bonds is 4. The van der Waals surface area contributed by atoms with Crippen molar-refractivity contribution in [3.63, 3.8) is 0 Å². The second kappa shape index (κ2) is 5.79. The molecular weight excluding hydrogens is 310 g/mol. The minimum Gasteiger partial charge on any atom is -0.300 e. The lowest BCUT2D eigenvalue weighted by Gasteiger charge is -2.04. The Balaban J connectivity index is 1.66. The molecule has 3 rings (SSSR count). The number of fused-ring (bicyclic) bond motifs is 1. The zero-order valence-electron chi connectivity index (χ0n) is 11.2. The molecule has 0 spiro atoms. The van der Waals surface area contributed by atoms with Gasteiger partial charge in [-0.3, -0.25) is 9.48 Å². The van der Waals surface area contributed by atoms with Crippen LogP contribution in [0.3, 0.4) is 0 Å². The lowest BCUT2D eigenvalue weighted by molar-refractivity contribution is -0.116.